The lowest BCUT2D eigenvalue weighted by Crippen LogP contribution is -1.92. The first-order valence-electron chi connectivity index (χ1n) is 8.65. The second-order valence-electron chi connectivity index (χ2n) is 5.35. The standard InChI is InChI=1S/C20H20O3.C2H6/c1-4-16-8-9-17(12-19(16)21-3)14(2)5-6-15-7-10-18-20(11-15)23-13-22-18;1-2/h5-12H,2,4,13H2,1,3H3;1-2H3/b6-5+;. The van der Waals surface area contributed by atoms with Gasteiger partial charge in [-0.15, -0.1) is 0 Å². The zero-order valence-electron chi connectivity index (χ0n) is 15.5. The summed E-state index contributed by atoms with van der Waals surface area (Å²) in [6.07, 6.45) is 4.96. The molecular weight excluding hydrogens is 312 g/mol. The van der Waals surface area contributed by atoms with Gasteiger partial charge in [0, 0.05) is 0 Å². The van der Waals surface area contributed by atoms with Gasteiger partial charge in [-0.2, -0.15) is 0 Å². The molecule has 3 heteroatoms. The van der Waals surface area contributed by atoms with Crippen LogP contribution in [0.3, 0.4) is 0 Å². The van der Waals surface area contributed by atoms with E-state index in [0.29, 0.717) is 6.79 Å². The quantitative estimate of drug-likeness (QED) is 0.651. The molecule has 2 aromatic rings. The Morgan fingerprint density at radius 3 is 2.60 bits per heavy atom. The Morgan fingerprint density at radius 1 is 1.12 bits per heavy atom. The molecule has 3 rings (SSSR count). The third kappa shape index (κ3) is 4.44. The molecule has 132 valence electrons. The summed E-state index contributed by atoms with van der Waals surface area (Å²) >= 11 is 0. The molecule has 2 aromatic carbocycles. The lowest BCUT2D eigenvalue weighted by molar-refractivity contribution is 0.174. The first kappa shape index (κ1) is 18.7. The number of methoxy groups -OCH3 is 1. The Labute approximate surface area is 150 Å². The van der Waals surface area contributed by atoms with E-state index in [0.717, 1.165) is 40.4 Å². The second-order valence-corrected chi connectivity index (χ2v) is 5.35. The number of rotatable bonds is 5. The van der Waals surface area contributed by atoms with Gasteiger partial charge in [0.05, 0.1) is 7.11 Å². The second kappa shape index (κ2) is 8.97. The monoisotopic (exact) mass is 338 g/mol. The van der Waals surface area contributed by atoms with E-state index in [1.54, 1.807) is 7.11 Å². The van der Waals surface area contributed by atoms with Crippen LogP contribution >= 0.6 is 0 Å². The molecule has 1 aliphatic heterocycles. The van der Waals surface area contributed by atoms with Crippen LogP contribution < -0.4 is 14.2 Å². The van der Waals surface area contributed by atoms with Gasteiger partial charge in [-0.1, -0.05) is 57.7 Å². The van der Waals surface area contributed by atoms with Crippen molar-refractivity contribution in [1.29, 1.82) is 0 Å². The topological polar surface area (TPSA) is 27.7 Å². The summed E-state index contributed by atoms with van der Waals surface area (Å²) in [5, 5.41) is 0. The predicted molar refractivity (Wildman–Crippen MR) is 104 cm³/mol. The van der Waals surface area contributed by atoms with E-state index in [-0.39, 0.29) is 0 Å². The Morgan fingerprint density at radius 2 is 1.88 bits per heavy atom. The van der Waals surface area contributed by atoms with Crippen LogP contribution in [-0.4, -0.2) is 13.9 Å². The lowest BCUT2D eigenvalue weighted by atomic mass is 10.0. The fraction of sp³-hybridized carbons (Fsp3) is 0.273. The molecule has 0 saturated heterocycles. The van der Waals surface area contributed by atoms with Crippen molar-refractivity contribution in [3.63, 3.8) is 0 Å². The SMILES string of the molecule is C=C(/C=C/c1ccc2c(c1)OCO2)c1ccc(CC)c(OC)c1.CC. The largest absolute Gasteiger partial charge is 0.496 e. The number of aryl methyl sites for hydroxylation is 1. The maximum atomic E-state index is 5.44. The van der Waals surface area contributed by atoms with Crippen LogP contribution in [-0.2, 0) is 6.42 Å². The molecule has 0 radical (unpaired) electrons. The van der Waals surface area contributed by atoms with Crippen LogP contribution in [0.15, 0.2) is 49.1 Å². The fourth-order valence-electron chi connectivity index (χ4n) is 2.55. The number of hydrogen-bond acceptors (Lipinski definition) is 3. The highest BCUT2D eigenvalue weighted by Crippen LogP contribution is 2.33. The summed E-state index contributed by atoms with van der Waals surface area (Å²) < 4.78 is 16.2. The van der Waals surface area contributed by atoms with Gasteiger partial charge in [-0.3, -0.25) is 0 Å². The first-order chi connectivity index (χ1) is 12.2. The van der Waals surface area contributed by atoms with Crippen LogP contribution in [0, 0.1) is 0 Å². The number of hydrogen-bond donors (Lipinski definition) is 0. The van der Waals surface area contributed by atoms with E-state index in [9.17, 15) is 0 Å². The molecule has 0 aliphatic carbocycles. The molecule has 0 aromatic heterocycles. The van der Waals surface area contributed by atoms with Crippen molar-refractivity contribution >= 4 is 11.6 Å². The van der Waals surface area contributed by atoms with Crippen molar-refractivity contribution in [1.82, 2.24) is 0 Å². The van der Waals surface area contributed by atoms with Crippen LogP contribution in [0.25, 0.3) is 11.6 Å². The molecule has 1 heterocycles. The van der Waals surface area contributed by atoms with Gasteiger partial charge in [0.25, 0.3) is 0 Å². The van der Waals surface area contributed by atoms with Crippen molar-refractivity contribution < 1.29 is 14.2 Å². The average Bonchev–Trinajstić information content (AvgIpc) is 3.14. The minimum atomic E-state index is 0.290. The average molecular weight is 338 g/mol. The smallest absolute Gasteiger partial charge is 0.231 e. The summed E-state index contributed by atoms with van der Waals surface area (Å²) in [6, 6.07) is 12.1. The van der Waals surface area contributed by atoms with Crippen LogP contribution in [0.5, 0.6) is 17.2 Å². The summed E-state index contributed by atoms with van der Waals surface area (Å²) in [5.74, 6) is 2.48. The molecule has 0 saturated carbocycles. The van der Waals surface area contributed by atoms with Gasteiger partial charge >= 0.3 is 0 Å². The van der Waals surface area contributed by atoms with Crippen molar-refractivity contribution in [2.75, 3.05) is 13.9 Å². The number of benzene rings is 2. The zero-order chi connectivity index (χ0) is 18.2. The molecule has 0 amide bonds. The van der Waals surface area contributed by atoms with Gasteiger partial charge in [0.1, 0.15) is 5.75 Å². The van der Waals surface area contributed by atoms with Gasteiger partial charge in [0.15, 0.2) is 11.5 Å². The maximum absolute atomic E-state index is 5.44. The maximum Gasteiger partial charge on any atom is 0.231 e. The number of fused-ring (bicyclic) bond motifs is 1. The number of ether oxygens (including phenoxy) is 3. The van der Waals surface area contributed by atoms with Gasteiger partial charge in [-0.05, 0) is 46.9 Å². The highest BCUT2D eigenvalue weighted by Gasteiger charge is 2.12. The molecule has 25 heavy (non-hydrogen) atoms. The van der Waals surface area contributed by atoms with E-state index in [4.69, 9.17) is 14.2 Å². The molecular formula is C22H26O3. The van der Waals surface area contributed by atoms with Crippen molar-refractivity contribution in [3.05, 3.63) is 65.7 Å². The van der Waals surface area contributed by atoms with E-state index < -0.39 is 0 Å². The molecule has 0 N–H and O–H groups in total. The zero-order valence-corrected chi connectivity index (χ0v) is 15.5. The highest BCUT2D eigenvalue weighted by molar-refractivity contribution is 5.78. The fourth-order valence-corrected chi connectivity index (χ4v) is 2.55. The van der Waals surface area contributed by atoms with Crippen molar-refractivity contribution in [2.24, 2.45) is 0 Å². The predicted octanol–water partition coefficient (Wildman–Crippen LogP) is 5.74. The molecule has 0 bridgehead atoms. The van der Waals surface area contributed by atoms with Crippen LogP contribution in [0.2, 0.25) is 0 Å². The Balaban J connectivity index is 0.00000109. The summed E-state index contributed by atoms with van der Waals surface area (Å²) in [6.45, 7) is 10.6. The normalized spacial score (nSPS) is 11.8. The lowest BCUT2D eigenvalue weighted by Gasteiger charge is -2.09. The summed E-state index contributed by atoms with van der Waals surface area (Å²) in [4.78, 5) is 0. The van der Waals surface area contributed by atoms with E-state index in [1.165, 1.54) is 5.56 Å². The Hall–Kier alpha value is -2.68. The molecule has 3 nitrogen and oxygen atoms in total. The summed E-state index contributed by atoms with van der Waals surface area (Å²) in [7, 11) is 1.70. The van der Waals surface area contributed by atoms with Crippen LogP contribution in [0.1, 0.15) is 37.5 Å². The summed E-state index contributed by atoms with van der Waals surface area (Å²) in [5.41, 5.74) is 4.23. The highest BCUT2D eigenvalue weighted by atomic mass is 16.7. The van der Waals surface area contributed by atoms with Gasteiger partial charge in [0.2, 0.25) is 6.79 Å². The van der Waals surface area contributed by atoms with Crippen LogP contribution in [0.4, 0.5) is 0 Å². The Kier molecular flexibility index (Phi) is 6.70. The number of allylic oxidation sites excluding steroid dienone is 2. The molecule has 0 spiro atoms. The van der Waals surface area contributed by atoms with Gasteiger partial charge < -0.3 is 14.2 Å². The molecule has 0 unspecified atom stereocenters. The molecule has 1 aliphatic rings. The first-order valence-corrected chi connectivity index (χ1v) is 8.65. The van der Waals surface area contributed by atoms with E-state index >= 15 is 0 Å². The van der Waals surface area contributed by atoms with E-state index in [2.05, 4.69) is 25.6 Å². The van der Waals surface area contributed by atoms with Crippen molar-refractivity contribution in [3.8, 4) is 17.2 Å². The van der Waals surface area contributed by atoms with E-state index in [1.807, 2.05) is 50.3 Å². The molecule has 0 fully saturated rings. The molecule has 0 atom stereocenters. The minimum absolute atomic E-state index is 0.290. The van der Waals surface area contributed by atoms with Gasteiger partial charge in [-0.25, -0.2) is 0 Å². The van der Waals surface area contributed by atoms with Crippen molar-refractivity contribution in [2.45, 2.75) is 27.2 Å². The minimum Gasteiger partial charge on any atom is -0.496 e. The third-order valence-electron chi connectivity index (χ3n) is 3.91. The third-order valence-corrected chi connectivity index (χ3v) is 3.91. The Bertz CT molecular complexity index is 760.